The summed E-state index contributed by atoms with van der Waals surface area (Å²) in [5.41, 5.74) is 1.55. The third kappa shape index (κ3) is 4.33. The van der Waals surface area contributed by atoms with Gasteiger partial charge >= 0.3 is 0 Å². The van der Waals surface area contributed by atoms with Crippen LogP contribution < -0.4 is 10.1 Å². The zero-order valence-electron chi connectivity index (χ0n) is 10.7. The lowest BCUT2D eigenvalue weighted by molar-refractivity contribution is 0.404. The third-order valence-corrected chi connectivity index (χ3v) is 2.43. The summed E-state index contributed by atoms with van der Waals surface area (Å²) in [5.74, 6) is 0.717. The molecule has 0 aromatic heterocycles. The van der Waals surface area contributed by atoms with Crippen LogP contribution in [0.25, 0.3) is 0 Å². The Bertz CT molecular complexity index is 396. The first-order chi connectivity index (χ1) is 8.17. The van der Waals surface area contributed by atoms with Gasteiger partial charge in [-0.3, -0.25) is 0 Å². The standard InChI is InChI=1S/C13H19N3O/c1-16(2)8-4-7-15-12-6-5-11(10-14)9-13(12)17-3/h5-6,9,15H,4,7-8H2,1-3H3. The minimum atomic E-state index is 0.612. The van der Waals surface area contributed by atoms with Gasteiger partial charge in [0, 0.05) is 12.6 Å². The molecular weight excluding hydrogens is 214 g/mol. The van der Waals surface area contributed by atoms with Crippen LogP contribution >= 0.6 is 0 Å². The molecule has 17 heavy (non-hydrogen) atoms. The molecule has 0 saturated heterocycles. The Kier molecular flexibility index (Phi) is 5.31. The molecule has 0 aliphatic rings. The summed E-state index contributed by atoms with van der Waals surface area (Å²) in [6, 6.07) is 7.51. The number of nitrogens with zero attached hydrogens (tertiary/aromatic N) is 2. The summed E-state index contributed by atoms with van der Waals surface area (Å²) in [6.07, 6.45) is 1.07. The molecule has 0 fully saturated rings. The van der Waals surface area contributed by atoms with Crippen molar-refractivity contribution in [1.29, 1.82) is 5.26 Å². The summed E-state index contributed by atoms with van der Waals surface area (Å²) in [4.78, 5) is 2.15. The fourth-order valence-electron chi connectivity index (χ4n) is 1.53. The molecule has 0 aliphatic carbocycles. The van der Waals surface area contributed by atoms with E-state index in [4.69, 9.17) is 10.00 Å². The van der Waals surface area contributed by atoms with E-state index in [9.17, 15) is 0 Å². The number of anilines is 1. The zero-order chi connectivity index (χ0) is 12.7. The summed E-state index contributed by atoms with van der Waals surface area (Å²) in [5, 5.41) is 12.1. The molecule has 0 spiro atoms. The number of hydrogen-bond acceptors (Lipinski definition) is 4. The van der Waals surface area contributed by atoms with Crippen LogP contribution in [0.5, 0.6) is 5.75 Å². The highest BCUT2D eigenvalue weighted by molar-refractivity contribution is 5.59. The summed E-state index contributed by atoms with van der Waals surface area (Å²) >= 11 is 0. The molecule has 1 N–H and O–H groups in total. The normalized spacial score (nSPS) is 10.1. The number of ether oxygens (including phenoxy) is 1. The fraction of sp³-hybridized carbons (Fsp3) is 0.462. The molecule has 1 aromatic rings. The van der Waals surface area contributed by atoms with E-state index in [0.29, 0.717) is 11.3 Å². The van der Waals surface area contributed by atoms with Crippen molar-refractivity contribution in [1.82, 2.24) is 4.90 Å². The molecule has 0 bridgehead atoms. The second kappa shape index (κ2) is 6.77. The molecule has 0 radical (unpaired) electrons. The minimum Gasteiger partial charge on any atom is -0.495 e. The number of rotatable bonds is 6. The van der Waals surface area contributed by atoms with Crippen molar-refractivity contribution in [2.24, 2.45) is 0 Å². The Morgan fingerprint density at radius 2 is 2.18 bits per heavy atom. The van der Waals surface area contributed by atoms with Crippen LogP contribution in [0, 0.1) is 11.3 Å². The summed E-state index contributed by atoms with van der Waals surface area (Å²) in [6.45, 7) is 1.94. The van der Waals surface area contributed by atoms with Crippen LogP contribution in [0.2, 0.25) is 0 Å². The first-order valence-corrected chi connectivity index (χ1v) is 5.64. The number of nitriles is 1. The van der Waals surface area contributed by atoms with Crippen molar-refractivity contribution in [2.45, 2.75) is 6.42 Å². The Balaban J connectivity index is 2.56. The minimum absolute atomic E-state index is 0.612. The van der Waals surface area contributed by atoms with E-state index < -0.39 is 0 Å². The van der Waals surface area contributed by atoms with E-state index in [0.717, 1.165) is 25.2 Å². The molecular formula is C13H19N3O. The maximum absolute atomic E-state index is 8.79. The van der Waals surface area contributed by atoms with Gasteiger partial charge in [-0.05, 0) is 39.2 Å². The largest absolute Gasteiger partial charge is 0.495 e. The van der Waals surface area contributed by atoms with E-state index in [-0.39, 0.29) is 0 Å². The lowest BCUT2D eigenvalue weighted by Crippen LogP contribution is -2.16. The highest BCUT2D eigenvalue weighted by Gasteiger charge is 2.03. The zero-order valence-corrected chi connectivity index (χ0v) is 10.7. The number of nitrogens with one attached hydrogen (secondary N) is 1. The lowest BCUT2D eigenvalue weighted by atomic mass is 10.2. The first-order valence-electron chi connectivity index (χ1n) is 5.64. The van der Waals surface area contributed by atoms with Gasteiger partial charge in [0.05, 0.1) is 24.4 Å². The van der Waals surface area contributed by atoms with Crippen LogP contribution in [0.1, 0.15) is 12.0 Å². The predicted molar refractivity (Wildman–Crippen MR) is 69.4 cm³/mol. The Morgan fingerprint density at radius 1 is 1.41 bits per heavy atom. The highest BCUT2D eigenvalue weighted by Crippen LogP contribution is 2.25. The topological polar surface area (TPSA) is 48.3 Å². The second-order valence-electron chi connectivity index (χ2n) is 4.11. The maximum Gasteiger partial charge on any atom is 0.143 e. The number of methoxy groups -OCH3 is 1. The number of hydrogen-bond donors (Lipinski definition) is 1. The SMILES string of the molecule is COc1cc(C#N)ccc1NCCCN(C)C. The first kappa shape index (κ1) is 13.3. The van der Waals surface area contributed by atoms with Gasteiger partial charge in [0.1, 0.15) is 5.75 Å². The van der Waals surface area contributed by atoms with Gasteiger partial charge in [0.25, 0.3) is 0 Å². The summed E-state index contributed by atoms with van der Waals surface area (Å²) < 4.78 is 5.24. The van der Waals surface area contributed by atoms with Gasteiger partial charge in [0.15, 0.2) is 0 Å². The second-order valence-corrected chi connectivity index (χ2v) is 4.11. The van der Waals surface area contributed by atoms with Crippen molar-refractivity contribution >= 4 is 5.69 Å². The van der Waals surface area contributed by atoms with Gasteiger partial charge in [-0.15, -0.1) is 0 Å². The lowest BCUT2D eigenvalue weighted by Gasteiger charge is -2.13. The predicted octanol–water partition coefficient (Wildman–Crippen LogP) is 1.93. The Morgan fingerprint density at radius 3 is 2.76 bits per heavy atom. The molecule has 4 heteroatoms. The van der Waals surface area contributed by atoms with E-state index in [2.05, 4.69) is 30.4 Å². The van der Waals surface area contributed by atoms with E-state index in [1.807, 2.05) is 6.07 Å². The van der Waals surface area contributed by atoms with Crippen LogP contribution in [-0.2, 0) is 0 Å². The van der Waals surface area contributed by atoms with Crippen molar-refractivity contribution in [3.8, 4) is 11.8 Å². The molecule has 92 valence electrons. The molecule has 0 saturated carbocycles. The summed E-state index contributed by atoms with van der Waals surface area (Å²) in [7, 11) is 5.73. The van der Waals surface area contributed by atoms with Gasteiger partial charge in [0.2, 0.25) is 0 Å². The molecule has 0 heterocycles. The molecule has 0 atom stereocenters. The van der Waals surface area contributed by atoms with Gasteiger partial charge in [-0.2, -0.15) is 5.26 Å². The van der Waals surface area contributed by atoms with Crippen molar-refractivity contribution in [2.75, 3.05) is 39.6 Å². The molecule has 4 nitrogen and oxygen atoms in total. The molecule has 0 unspecified atom stereocenters. The average molecular weight is 233 g/mol. The highest BCUT2D eigenvalue weighted by atomic mass is 16.5. The van der Waals surface area contributed by atoms with Crippen molar-refractivity contribution < 1.29 is 4.74 Å². The molecule has 1 rings (SSSR count). The van der Waals surface area contributed by atoms with Crippen LogP contribution in [0.15, 0.2) is 18.2 Å². The van der Waals surface area contributed by atoms with Gasteiger partial charge in [-0.25, -0.2) is 0 Å². The fourth-order valence-corrected chi connectivity index (χ4v) is 1.53. The maximum atomic E-state index is 8.79. The van der Waals surface area contributed by atoms with Crippen molar-refractivity contribution in [3.63, 3.8) is 0 Å². The van der Waals surface area contributed by atoms with Crippen LogP contribution in [0.4, 0.5) is 5.69 Å². The molecule has 1 aromatic carbocycles. The smallest absolute Gasteiger partial charge is 0.143 e. The van der Waals surface area contributed by atoms with Gasteiger partial charge < -0.3 is 15.0 Å². The quantitative estimate of drug-likeness (QED) is 0.763. The average Bonchev–Trinajstić information content (AvgIpc) is 2.34. The third-order valence-electron chi connectivity index (χ3n) is 2.43. The van der Waals surface area contributed by atoms with Crippen LogP contribution in [-0.4, -0.2) is 39.2 Å². The van der Waals surface area contributed by atoms with E-state index in [1.54, 1.807) is 19.2 Å². The monoisotopic (exact) mass is 233 g/mol. The van der Waals surface area contributed by atoms with E-state index in [1.165, 1.54) is 0 Å². The van der Waals surface area contributed by atoms with Gasteiger partial charge in [-0.1, -0.05) is 0 Å². The number of benzene rings is 1. The Hall–Kier alpha value is -1.73. The van der Waals surface area contributed by atoms with Crippen molar-refractivity contribution in [3.05, 3.63) is 23.8 Å². The Labute approximate surface area is 103 Å². The molecule has 0 aliphatic heterocycles. The van der Waals surface area contributed by atoms with E-state index >= 15 is 0 Å². The van der Waals surface area contributed by atoms with Crippen LogP contribution in [0.3, 0.4) is 0 Å². The molecule has 0 amide bonds.